The summed E-state index contributed by atoms with van der Waals surface area (Å²) in [5.74, 6) is 1.30. The van der Waals surface area contributed by atoms with Crippen LogP contribution in [0.3, 0.4) is 0 Å². The van der Waals surface area contributed by atoms with Crippen molar-refractivity contribution in [2.24, 2.45) is 0 Å². The molecule has 0 unspecified atom stereocenters. The van der Waals surface area contributed by atoms with Gasteiger partial charge in [-0.25, -0.2) is 9.97 Å². The molecule has 28 heavy (non-hydrogen) atoms. The number of ether oxygens (including phenoxy) is 1. The highest BCUT2D eigenvalue weighted by atomic mass is 35.5. The minimum atomic E-state index is 0.0999. The summed E-state index contributed by atoms with van der Waals surface area (Å²) in [6.45, 7) is 2.09. The number of anilines is 1. The van der Waals surface area contributed by atoms with Gasteiger partial charge in [0.1, 0.15) is 5.75 Å². The van der Waals surface area contributed by atoms with E-state index >= 15 is 0 Å². The third-order valence-corrected chi connectivity index (χ3v) is 5.04. The van der Waals surface area contributed by atoms with Crippen LogP contribution in [0.4, 0.5) is 5.95 Å². The maximum Gasteiger partial charge on any atom is 0.223 e. The zero-order valence-electron chi connectivity index (χ0n) is 15.7. The van der Waals surface area contributed by atoms with Gasteiger partial charge in [0.05, 0.1) is 18.7 Å². The van der Waals surface area contributed by atoms with E-state index in [2.05, 4.69) is 34.3 Å². The van der Waals surface area contributed by atoms with Crippen LogP contribution in [-0.4, -0.2) is 17.1 Å². The highest BCUT2D eigenvalue weighted by molar-refractivity contribution is 6.33. The van der Waals surface area contributed by atoms with Crippen molar-refractivity contribution in [3.05, 3.63) is 83.5 Å². The number of halogens is 1. The Hall–Kier alpha value is -3.11. The molecule has 140 valence electrons. The average molecular weight is 390 g/mol. The molecule has 4 nitrogen and oxygen atoms in total. The Morgan fingerprint density at radius 1 is 0.964 bits per heavy atom. The lowest BCUT2D eigenvalue weighted by atomic mass is 10.0. The molecule has 0 spiro atoms. The van der Waals surface area contributed by atoms with Gasteiger partial charge < -0.3 is 10.1 Å². The van der Waals surface area contributed by atoms with Crippen LogP contribution in [0.5, 0.6) is 5.75 Å². The molecule has 0 bridgehead atoms. The molecule has 0 aliphatic rings. The van der Waals surface area contributed by atoms with Crippen molar-refractivity contribution in [3.63, 3.8) is 0 Å². The molecule has 0 aliphatic carbocycles. The van der Waals surface area contributed by atoms with Gasteiger partial charge >= 0.3 is 0 Å². The Kier molecular flexibility index (Phi) is 5.13. The third kappa shape index (κ3) is 3.64. The Morgan fingerprint density at radius 2 is 1.71 bits per heavy atom. The number of hydrogen-bond donors (Lipinski definition) is 1. The lowest BCUT2D eigenvalue weighted by Gasteiger charge is -2.15. The molecule has 0 radical (unpaired) electrons. The summed E-state index contributed by atoms with van der Waals surface area (Å²) in [7, 11) is 1.65. The molecular formula is C23H20ClN3O. The van der Waals surface area contributed by atoms with Gasteiger partial charge in [0, 0.05) is 33.8 Å². The highest BCUT2D eigenvalue weighted by Gasteiger charge is 2.13. The van der Waals surface area contributed by atoms with Crippen molar-refractivity contribution >= 4 is 28.5 Å². The number of nitrogens with zero attached hydrogens (tertiary/aromatic N) is 2. The molecular weight excluding hydrogens is 370 g/mol. The van der Waals surface area contributed by atoms with Crippen LogP contribution in [0.15, 0.2) is 72.9 Å². The van der Waals surface area contributed by atoms with Crippen LogP contribution in [0.2, 0.25) is 5.02 Å². The molecule has 1 heterocycles. The normalized spacial score (nSPS) is 12.0. The lowest BCUT2D eigenvalue weighted by molar-refractivity contribution is 0.417. The number of rotatable bonds is 5. The number of aromatic nitrogens is 2. The monoisotopic (exact) mass is 389 g/mol. The molecule has 5 heteroatoms. The Labute approximate surface area is 169 Å². The predicted molar refractivity (Wildman–Crippen MR) is 115 cm³/mol. The summed E-state index contributed by atoms with van der Waals surface area (Å²) in [4.78, 5) is 9.16. The number of fused-ring (bicyclic) bond motifs is 1. The number of hydrogen-bond acceptors (Lipinski definition) is 4. The molecule has 0 fully saturated rings. The quantitative estimate of drug-likeness (QED) is 0.446. The maximum atomic E-state index is 6.38. The minimum Gasteiger partial charge on any atom is -0.496 e. The van der Waals surface area contributed by atoms with E-state index in [9.17, 15) is 0 Å². The van der Waals surface area contributed by atoms with Gasteiger partial charge in [0.25, 0.3) is 0 Å². The van der Waals surface area contributed by atoms with E-state index in [0.29, 0.717) is 11.0 Å². The van der Waals surface area contributed by atoms with Gasteiger partial charge in [-0.05, 0) is 24.6 Å². The van der Waals surface area contributed by atoms with Crippen molar-refractivity contribution in [1.82, 2.24) is 9.97 Å². The van der Waals surface area contributed by atoms with Gasteiger partial charge in [0.15, 0.2) is 0 Å². The maximum absolute atomic E-state index is 6.38. The molecule has 4 rings (SSSR count). The fourth-order valence-corrected chi connectivity index (χ4v) is 3.44. The molecule has 0 aliphatic heterocycles. The van der Waals surface area contributed by atoms with Crippen molar-refractivity contribution in [2.75, 3.05) is 12.4 Å². The fourth-order valence-electron chi connectivity index (χ4n) is 3.21. The zero-order chi connectivity index (χ0) is 19.5. The molecule has 4 aromatic rings. The van der Waals surface area contributed by atoms with Crippen molar-refractivity contribution in [3.8, 4) is 16.9 Å². The summed E-state index contributed by atoms with van der Waals surface area (Å²) < 4.78 is 5.61. The van der Waals surface area contributed by atoms with Gasteiger partial charge in [-0.3, -0.25) is 0 Å². The van der Waals surface area contributed by atoms with Crippen LogP contribution < -0.4 is 10.1 Å². The first kappa shape index (κ1) is 18.3. The van der Waals surface area contributed by atoms with Crippen LogP contribution in [0.1, 0.15) is 18.5 Å². The zero-order valence-corrected chi connectivity index (χ0v) is 16.4. The summed E-state index contributed by atoms with van der Waals surface area (Å²) in [6, 6.07) is 22.0. The first-order valence-electron chi connectivity index (χ1n) is 9.07. The third-order valence-electron chi connectivity index (χ3n) is 4.71. The second-order valence-corrected chi connectivity index (χ2v) is 6.97. The Balaban J connectivity index is 1.71. The van der Waals surface area contributed by atoms with Gasteiger partial charge in [-0.1, -0.05) is 60.1 Å². The van der Waals surface area contributed by atoms with E-state index in [1.165, 1.54) is 5.56 Å². The highest BCUT2D eigenvalue weighted by Crippen LogP contribution is 2.37. The summed E-state index contributed by atoms with van der Waals surface area (Å²) in [6.07, 6.45) is 1.82. The standard InChI is InChI=1S/C23H20ClN3O/c1-15(16-8-4-3-5-9-16)26-23-25-14-17-12-19(18-10-6-7-11-20(18)24)22(28-2)13-21(17)27-23/h3-15H,1-2H3,(H,25,26,27)/t15-/m1/s1. The number of benzene rings is 3. The largest absolute Gasteiger partial charge is 0.496 e. The molecule has 1 aromatic heterocycles. The van der Waals surface area contributed by atoms with Crippen LogP contribution >= 0.6 is 11.6 Å². The molecule has 0 saturated carbocycles. The van der Waals surface area contributed by atoms with Crippen LogP contribution in [0, 0.1) is 0 Å². The summed E-state index contributed by atoms with van der Waals surface area (Å²) >= 11 is 6.38. The average Bonchev–Trinajstić information content (AvgIpc) is 2.74. The van der Waals surface area contributed by atoms with Crippen molar-refractivity contribution in [2.45, 2.75) is 13.0 Å². The minimum absolute atomic E-state index is 0.0999. The predicted octanol–water partition coefficient (Wildman–Crippen LogP) is 6.13. The second-order valence-electron chi connectivity index (χ2n) is 6.56. The van der Waals surface area contributed by atoms with Gasteiger partial charge in [0.2, 0.25) is 5.95 Å². The van der Waals surface area contributed by atoms with E-state index in [0.717, 1.165) is 27.8 Å². The first-order valence-corrected chi connectivity index (χ1v) is 9.44. The number of methoxy groups -OCH3 is 1. The molecule has 0 saturated heterocycles. The summed E-state index contributed by atoms with van der Waals surface area (Å²) in [5, 5.41) is 4.96. The topological polar surface area (TPSA) is 47.0 Å². The smallest absolute Gasteiger partial charge is 0.223 e. The summed E-state index contributed by atoms with van der Waals surface area (Å²) in [5.41, 5.74) is 3.83. The Morgan fingerprint density at radius 3 is 2.46 bits per heavy atom. The van der Waals surface area contributed by atoms with E-state index in [4.69, 9.17) is 16.3 Å². The van der Waals surface area contributed by atoms with Gasteiger partial charge in [-0.2, -0.15) is 0 Å². The molecule has 1 N–H and O–H groups in total. The van der Waals surface area contributed by atoms with Crippen LogP contribution in [0.25, 0.3) is 22.0 Å². The van der Waals surface area contributed by atoms with Crippen LogP contribution in [-0.2, 0) is 0 Å². The van der Waals surface area contributed by atoms with Crippen molar-refractivity contribution < 1.29 is 4.74 Å². The molecule has 0 amide bonds. The van der Waals surface area contributed by atoms with Gasteiger partial charge in [-0.15, -0.1) is 0 Å². The first-order chi connectivity index (χ1) is 13.7. The van der Waals surface area contributed by atoms with Crippen molar-refractivity contribution in [1.29, 1.82) is 0 Å². The van der Waals surface area contributed by atoms with E-state index in [1.807, 2.05) is 60.8 Å². The number of nitrogens with one attached hydrogen (secondary N) is 1. The second kappa shape index (κ2) is 7.87. The SMILES string of the molecule is COc1cc2nc(N[C@H](C)c3ccccc3)ncc2cc1-c1ccccc1Cl. The van der Waals surface area contributed by atoms with E-state index in [-0.39, 0.29) is 6.04 Å². The van der Waals surface area contributed by atoms with E-state index in [1.54, 1.807) is 7.11 Å². The van der Waals surface area contributed by atoms with E-state index < -0.39 is 0 Å². The Bertz CT molecular complexity index is 1120. The lowest BCUT2D eigenvalue weighted by Crippen LogP contribution is -2.09. The fraction of sp³-hybridized carbons (Fsp3) is 0.130. The molecule has 1 atom stereocenters. The molecule has 3 aromatic carbocycles.